The molecule has 1 amide bonds. The lowest BCUT2D eigenvalue weighted by molar-refractivity contribution is 0.0487. The molecule has 0 spiro atoms. The Kier molecular flexibility index (Phi) is 5.57. The summed E-state index contributed by atoms with van der Waals surface area (Å²) in [4.78, 5) is 23.2. The van der Waals surface area contributed by atoms with Gasteiger partial charge in [-0.15, -0.1) is 0 Å². The molecule has 2 aliphatic rings. The third-order valence-electron chi connectivity index (χ3n) is 7.36. The number of fused-ring (bicyclic) bond motifs is 1. The highest BCUT2D eigenvalue weighted by atomic mass is 16.5. The van der Waals surface area contributed by atoms with Gasteiger partial charge in [-0.2, -0.15) is 9.78 Å². The zero-order chi connectivity index (χ0) is 23.8. The zero-order valence-electron chi connectivity index (χ0n) is 19.9. The van der Waals surface area contributed by atoms with Crippen LogP contribution in [0.4, 0.5) is 0 Å². The van der Waals surface area contributed by atoms with Crippen LogP contribution in [0.5, 0.6) is 0 Å². The maximum atomic E-state index is 13.7. The number of ether oxygens (including phenoxy) is 1. The molecule has 2 fully saturated rings. The predicted molar refractivity (Wildman–Crippen MR) is 134 cm³/mol. The molecule has 0 unspecified atom stereocenters. The van der Waals surface area contributed by atoms with Crippen molar-refractivity contribution in [2.75, 3.05) is 19.8 Å². The number of rotatable bonds is 6. The van der Waals surface area contributed by atoms with Crippen LogP contribution in [0, 0.1) is 6.92 Å². The topological polar surface area (TPSA) is 81.9 Å². The van der Waals surface area contributed by atoms with Gasteiger partial charge >= 0.3 is 0 Å². The summed E-state index contributed by atoms with van der Waals surface area (Å²) in [5.41, 5.74) is 4.19. The van der Waals surface area contributed by atoms with E-state index in [4.69, 9.17) is 14.8 Å². The Bertz CT molecular complexity index is 1360. The number of aryl methyl sites for hydroxylation is 1. The second kappa shape index (κ2) is 8.89. The summed E-state index contributed by atoms with van der Waals surface area (Å²) in [6.45, 7) is 3.90. The highest BCUT2D eigenvalue weighted by Gasteiger charge is 2.35. The SMILES string of the molecule is Cc1nn(-c2ccccn2)c2nc(C3CC3)cc(C(=O)NCC3(c4ccccc4)CCOCC3)c12. The number of hydrogen-bond acceptors (Lipinski definition) is 5. The lowest BCUT2D eigenvalue weighted by Gasteiger charge is -2.38. The summed E-state index contributed by atoms with van der Waals surface area (Å²) in [6, 6.07) is 18.2. The number of nitrogens with one attached hydrogen (secondary N) is 1. The Labute approximate surface area is 204 Å². The molecule has 6 rings (SSSR count). The smallest absolute Gasteiger partial charge is 0.252 e. The molecular weight excluding hydrogens is 438 g/mol. The van der Waals surface area contributed by atoms with Crippen LogP contribution in [0.15, 0.2) is 60.8 Å². The van der Waals surface area contributed by atoms with Gasteiger partial charge in [0.1, 0.15) is 0 Å². The normalized spacial score (nSPS) is 17.4. The summed E-state index contributed by atoms with van der Waals surface area (Å²) in [5.74, 6) is 1.02. The molecule has 4 heterocycles. The van der Waals surface area contributed by atoms with Crippen molar-refractivity contribution in [3.63, 3.8) is 0 Å². The Hall–Kier alpha value is -3.58. The van der Waals surface area contributed by atoms with Crippen LogP contribution >= 0.6 is 0 Å². The average molecular weight is 468 g/mol. The number of carbonyl (C=O) groups excluding carboxylic acids is 1. The first-order valence-corrected chi connectivity index (χ1v) is 12.4. The molecule has 1 aliphatic heterocycles. The first-order valence-electron chi connectivity index (χ1n) is 12.4. The third kappa shape index (κ3) is 4.10. The van der Waals surface area contributed by atoms with Crippen LogP contribution in [0.3, 0.4) is 0 Å². The van der Waals surface area contributed by atoms with Crippen molar-refractivity contribution in [1.82, 2.24) is 25.1 Å². The maximum absolute atomic E-state index is 13.7. The number of hydrogen-bond donors (Lipinski definition) is 1. The highest BCUT2D eigenvalue weighted by molar-refractivity contribution is 6.06. The van der Waals surface area contributed by atoms with Crippen molar-refractivity contribution in [1.29, 1.82) is 0 Å². The van der Waals surface area contributed by atoms with E-state index in [1.165, 1.54) is 5.56 Å². The summed E-state index contributed by atoms with van der Waals surface area (Å²) in [5, 5.41) is 8.81. The molecule has 0 bridgehead atoms. The minimum Gasteiger partial charge on any atom is -0.381 e. The van der Waals surface area contributed by atoms with Gasteiger partial charge in [0.05, 0.1) is 16.6 Å². The standard InChI is InChI=1S/C28H29N5O2/c1-19-25-22(27(34)30-18-28(12-15-35-16-13-28)21-7-3-2-4-8-21)17-23(20-10-11-20)31-26(25)33(32-19)24-9-5-6-14-29-24/h2-9,14,17,20H,10-13,15-16,18H2,1H3,(H,30,34). The molecule has 1 aromatic carbocycles. The van der Waals surface area contributed by atoms with Crippen LogP contribution < -0.4 is 5.32 Å². The number of amides is 1. The predicted octanol–water partition coefficient (Wildman–Crippen LogP) is 4.48. The lowest BCUT2D eigenvalue weighted by Crippen LogP contribution is -2.44. The summed E-state index contributed by atoms with van der Waals surface area (Å²) < 4.78 is 7.43. The van der Waals surface area contributed by atoms with Crippen molar-refractivity contribution in [3.05, 3.63) is 83.3 Å². The van der Waals surface area contributed by atoms with E-state index in [0.717, 1.165) is 42.5 Å². The van der Waals surface area contributed by atoms with Gasteiger partial charge < -0.3 is 10.1 Å². The summed E-state index contributed by atoms with van der Waals surface area (Å²) in [6.07, 6.45) is 5.72. The van der Waals surface area contributed by atoms with Crippen LogP contribution in [0.2, 0.25) is 0 Å². The maximum Gasteiger partial charge on any atom is 0.252 e. The van der Waals surface area contributed by atoms with Gasteiger partial charge in [0.2, 0.25) is 0 Å². The molecule has 0 atom stereocenters. The van der Waals surface area contributed by atoms with E-state index in [2.05, 4.69) is 34.6 Å². The highest BCUT2D eigenvalue weighted by Crippen LogP contribution is 2.41. The van der Waals surface area contributed by atoms with Gasteiger partial charge in [-0.05, 0) is 56.4 Å². The molecule has 178 valence electrons. The van der Waals surface area contributed by atoms with E-state index in [1.54, 1.807) is 10.9 Å². The Morgan fingerprint density at radius 2 is 1.89 bits per heavy atom. The number of aromatic nitrogens is 4. The fraction of sp³-hybridized carbons (Fsp3) is 0.357. The fourth-order valence-electron chi connectivity index (χ4n) is 5.18. The van der Waals surface area contributed by atoms with Crippen molar-refractivity contribution in [2.24, 2.45) is 0 Å². The molecule has 1 saturated heterocycles. The summed E-state index contributed by atoms with van der Waals surface area (Å²) in [7, 11) is 0. The Morgan fingerprint density at radius 3 is 2.60 bits per heavy atom. The second-order valence-corrected chi connectivity index (χ2v) is 9.69. The fourth-order valence-corrected chi connectivity index (χ4v) is 5.18. The van der Waals surface area contributed by atoms with E-state index in [-0.39, 0.29) is 11.3 Å². The van der Waals surface area contributed by atoms with E-state index in [0.29, 0.717) is 42.7 Å². The van der Waals surface area contributed by atoms with Gasteiger partial charge in [0.25, 0.3) is 5.91 Å². The van der Waals surface area contributed by atoms with Crippen molar-refractivity contribution >= 4 is 16.9 Å². The molecule has 7 heteroatoms. The van der Waals surface area contributed by atoms with Crippen molar-refractivity contribution < 1.29 is 9.53 Å². The molecule has 7 nitrogen and oxygen atoms in total. The van der Waals surface area contributed by atoms with Gasteiger partial charge in [-0.1, -0.05) is 36.4 Å². The molecule has 0 radical (unpaired) electrons. The van der Waals surface area contributed by atoms with Crippen LogP contribution in [-0.4, -0.2) is 45.4 Å². The zero-order valence-corrected chi connectivity index (χ0v) is 19.9. The second-order valence-electron chi connectivity index (χ2n) is 9.69. The van der Waals surface area contributed by atoms with Crippen LogP contribution in [0.25, 0.3) is 16.9 Å². The number of nitrogens with zero attached hydrogens (tertiary/aromatic N) is 4. The van der Waals surface area contributed by atoms with E-state index < -0.39 is 0 Å². The number of pyridine rings is 2. The van der Waals surface area contributed by atoms with Crippen molar-refractivity contribution in [3.8, 4) is 5.82 Å². The van der Waals surface area contributed by atoms with E-state index >= 15 is 0 Å². The minimum absolute atomic E-state index is 0.0789. The Morgan fingerprint density at radius 1 is 1.11 bits per heavy atom. The molecule has 4 aromatic rings. The van der Waals surface area contributed by atoms with Crippen LogP contribution in [-0.2, 0) is 10.2 Å². The van der Waals surface area contributed by atoms with E-state index in [1.807, 2.05) is 37.3 Å². The molecule has 35 heavy (non-hydrogen) atoms. The quantitative estimate of drug-likeness (QED) is 0.452. The van der Waals surface area contributed by atoms with Gasteiger partial charge in [-0.3, -0.25) is 4.79 Å². The average Bonchev–Trinajstić information content (AvgIpc) is 3.72. The molecule has 1 aliphatic carbocycles. The Balaban J connectivity index is 1.38. The molecular formula is C28H29N5O2. The monoisotopic (exact) mass is 467 g/mol. The van der Waals surface area contributed by atoms with Gasteiger partial charge in [0.15, 0.2) is 11.5 Å². The number of carbonyl (C=O) groups is 1. The van der Waals surface area contributed by atoms with Crippen molar-refractivity contribution in [2.45, 2.75) is 43.9 Å². The van der Waals surface area contributed by atoms with Crippen LogP contribution in [0.1, 0.15) is 58.9 Å². The lowest BCUT2D eigenvalue weighted by atomic mass is 9.74. The number of benzene rings is 1. The third-order valence-corrected chi connectivity index (χ3v) is 7.36. The minimum atomic E-state index is -0.131. The first kappa shape index (κ1) is 21.9. The molecule has 1 N–H and O–H groups in total. The first-order chi connectivity index (χ1) is 17.1. The van der Waals surface area contributed by atoms with Gasteiger partial charge in [0, 0.05) is 43.0 Å². The molecule has 1 saturated carbocycles. The largest absolute Gasteiger partial charge is 0.381 e. The van der Waals surface area contributed by atoms with Gasteiger partial charge in [-0.25, -0.2) is 9.97 Å². The van der Waals surface area contributed by atoms with E-state index in [9.17, 15) is 4.79 Å². The molecule has 3 aromatic heterocycles. The summed E-state index contributed by atoms with van der Waals surface area (Å²) >= 11 is 0.